The van der Waals surface area contributed by atoms with Crippen LogP contribution in [0.15, 0.2) is 21.5 Å². The van der Waals surface area contributed by atoms with Crippen molar-refractivity contribution in [2.24, 2.45) is 5.92 Å². The second-order valence-corrected chi connectivity index (χ2v) is 7.72. The average molecular weight is 379 g/mol. The number of methoxy groups -OCH3 is 1. The maximum absolute atomic E-state index is 12.6. The maximum Gasteiger partial charge on any atom is 0.309 e. The van der Waals surface area contributed by atoms with Crippen LogP contribution in [0.25, 0.3) is 0 Å². The number of carbonyl (C=O) groups excluding carboxylic acids is 1. The normalized spacial score (nSPS) is 13.2. The molecule has 1 aromatic carbocycles. The van der Waals surface area contributed by atoms with Crippen molar-refractivity contribution >= 4 is 37.6 Å². The Morgan fingerprint density at radius 2 is 2.05 bits per heavy atom. The molecular weight excluding hydrogens is 360 g/mol. The van der Waals surface area contributed by atoms with Crippen LogP contribution in [0, 0.1) is 12.8 Å². The number of nitrogens with zero attached hydrogens (tertiary/aromatic N) is 1. The highest BCUT2D eigenvalue weighted by molar-refractivity contribution is 9.10. The van der Waals surface area contributed by atoms with Crippen LogP contribution in [-0.2, 0) is 19.6 Å². The van der Waals surface area contributed by atoms with E-state index in [4.69, 9.17) is 5.73 Å². The summed E-state index contributed by atoms with van der Waals surface area (Å²) in [5.74, 6) is -1.01. The largest absolute Gasteiger partial charge is 0.469 e. The molecule has 1 aromatic rings. The van der Waals surface area contributed by atoms with Crippen LogP contribution in [0.2, 0.25) is 0 Å². The number of carbonyl (C=O) groups is 1. The molecule has 8 heteroatoms. The molecule has 0 saturated carbocycles. The van der Waals surface area contributed by atoms with Gasteiger partial charge in [0.05, 0.1) is 17.9 Å². The second kappa shape index (κ2) is 6.76. The van der Waals surface area contributed by atoms with E-state index in [1.165, 1.54) is 20.2 Å². The van der Waals surface area contributed by atoms with Crippen LogP contribution >= 0.6 is 15.9 Å². The number of nitrogens with two attached hydrogens (primary N) is 1. The van der Waals surface area contributed by atoms with Gasteiger partial charge in [0.2, 0.25) is 10.0 Å². The summed E-state index contributed by atoms with van der Waals surface area (Å²) in [6.45, 7) is 3.33. The highest BCUT2D eigenvalue weighted by Gasteiger charge is 2.27. The maximum atomic E-state index is 12.6. The molecule has 6 nitrogen and oxygen atoms in total. The fourth-order valence-electron chi connectivity index (χ4n) is 1.87. The zero-order valence-corrected chi connectivity index (χ0v) is 14.8. The third-order valence-corrected chi connectivity index (χ3v) is 5.77. The van der Waals surface area contributed by atoms with E-state index < -0.39 is 21.9 Å². The number of nitrogen functional groups attached to an aromatic ring is 1. The summed E-state index contributed by atoms with van der Waals surface area (Å²) in [6, 6.07) is 3.06. The zero-order valence-electron chi connectivity index (χ0n) is 12.4. The Kier molecular flexibility index (Phi) is 5.77. The first-order valence-electron chi connectivity index (χ1n) is 6.21. The standard InChI is InChI=1S/C13H19BrN2O4S/c1-8-5-10(14)11(15)6-12(8)21(18,19)16(3)7-9(2)13(17)20-4/h5-6,9H,7,15H2,1-4H3. The molecule has 21 heavy (non-hydrogen) atoms. The summed E-state index contributed by atoms with van der Waals surface area (Å²) in [5, 5.41) is 0. The fourth-order valence-corrected chi connectivity index (χ4v) is 3.83. The van der Waals surface area contributed by atoms with Gasteiger partial charge in [-0.3, -0.25) is 4.79 Å². The number of halogens is 1. The molecule has 0 aliphatic rings. The smallest absolute Gasteiger partial charge is 0.309 e. The van der Waals surface area contributed by atoms with E-state index in [2.05, 4.69) is 20.7 Å². The molecule has 0 amide bonds. The van der Waals surface area contributed by atoms with E-state index in [1.54, 1.807) is 19.9 Å². The summed E-state index contributed by atoms with van der Waals surface area (Å²) in [5.41, 5.74) is 6.67. The number of sulfonamides is 1. The molecule has 0 saturated heterocycles. The van der Waals surface area contributed by atoms with Crippen LogP contribution in [-0.4, -0.2) is 39.4 Å². The SMILES string of the molecule is COC(=O)C(C)CN(C)S(=O)(=O)c1cc(N)c(Br)cc1C. The van der Waals surface area contributed by atoms with Gasteiger partial charge in [0.1, 0.15) is 0 Å². The van der Waals surface area contributed by atoms with Gasteiger partial charge < -0.3 is 10.5 Å². The Labute approximate surface area is 133 Å². The summed E-state index contributed by atoms with van der Waals surface area (Å²) in [4.78, 5) is 11.5. The van der Waals surface area contributed by atoms with Crippen molar-refractivity contribution in [2.45, 2.75) is 18.7 Å². The number of rotatable bonds is 5. The van der Waals surface area contributed by atoms with Crippen molar-refractivity contribution in [3.05, 3.63) is 22.2 Å². The van der Waals surface area contributed by atoms with E-state index in [0.717, 1.165) is 4.31 Å². The predicted octanol–water partition coefficient (Wildman–Crippen LogP) is 1.77. The Hall–Kier alpha value is -1.12. The lowest BCUT2D eigenvalue weighted by Gasteiger charge is -2.21. The van der Waals surface area contributed by atoms with Crippen molar-refractivity contribution in [2.75, 3.05) is 26.4 Å². The minimum atomic E-state index is -3.72. The van der Waals surface area contributed by atoms with E-state index in [-0.39, 0.29) is 11.4 Å². The van der Waals surface area contributed by atoms with Crippen molar-refractivity contribution in [3.8, 4) is 0 Å². The molecule has 2 N–H and O–H groups in total. The summed E-state index contributed by atoms with van der Waals surface area (Å²) < 4.78 is 31.5. The number of esters is 1. The third-order valence-electron chi connectivity index (χ3n) is 3.12. The highest BCUT2D eigenvalue weighted by atomic mass is 79.9. The Bertz CT molecular complexity index is 646. The number of anilines is 1. The van der Waals surface area contributed by atoms with Crippen molar-refractivity contribution in [1.82, 2.24) is 4.31 Å². The molecule has 0 bridgehead atoms. The first-order valence-corrected chi connectivity index (χ1v) is 8.44. The van der Waals surface area contributed by atoms with Gasteiger partial charge in [0.25, 0.3) is 0 Å². The van der Waals surface area contributed by atoms with Gasteiger partial charge in [-0.15, -0.1) is 0 Å². The van der Waals surface area contributed by atoms with Gasteiger partial charge in [0, 0.05) is 23.8 Å². The van der Waals surface area contributed by atoms with Gasteiger partial charge in [-0.25, -0.2) is 12.7 Å². The minimum Gasteiger partial charge on any atom is -0.469 e. The van der Waals surface area contributed by atoms with E-state index in [0.29, 0.717) is 15.7 Å². The molecule has 0 spiro atoms. The average Bonchev–Trinajstić information content (AvgIpc) is 2.41. The number of aryl methyl sites for hydroxylation is 1. The molecule has 0 aliphatic carbocycles. The Morgan fingerprint density at radius 1 is 1.48 bits per heavy atom. The Balaban J connectivity index is 3.11. The van der Waals surface area contributed by atoms with E-state index in [9.17, 15) is 13.2 Å². The first kappa shape index (κ1) is 17.9. The number of benzene rings is 1. The van der Waals surface area contributed by atoms with Crippen LogP contribution in [0.4, 0.5) is 5.69 Å². The zero-order chi connectivity index (χ0) is 16.4. The molecule has 1 atom stereocenters. The summed E-state index contributed by atoms with van der Waals surface area (Å²) in [6.07, 6.45) is 0. The molecule has 0 aromatic heterocycles. The van der Waals surface area contributed by atoms with Gasteiger partial charge in [-0.2, -0.15) is 0 Å². The quantitative estimate of drug-likeness (QED) is 0.622. The molecule has 0 fully saturated rings. The van der Waals surface area contributed by atoms with Crippen LogP contribution in [0.3, 0.4) is 0 Å². The monoisotopic (exact) mass is 378 g/mol. The lowest BCUT2D eigenvalue weighted by Crippen LogP contribution is -2.34. The van der Waals surface area contributed by atoms with Crippen LogP contribution in [0.1, 0.15) is 12.5 Å². The minimum absolute atomic E-state index is 0.0322. The number of hydrogen-bond donors (Lipinski definition) is 1. The lowest BCUT2D eigenvalue weighted by atomic mass is 10.2. The predicted molar refractivity (Wildman–Crippen MR) is 84.3 cm³/mol. The molecule has 0 radical (unpaired) electrons. The van der Waals surface area contributed by atoms with Crippen LogP contribution < -0.4 is 5.73 Å². The lowest BCUT2D eigenvalue weighted by molar-refractivity contribution is -0.144. The Morgan fingerprint density at radius 3 is 2.57 bits per heavy atom. The van der Waals surface area contributed by atoms with Crippen molar-refractivity contribution in [3.63, 3.8) is 0 Å². The topological polar surface area (TPSA) is 89.7 Å². The van der Waals surface area contributed by atoms with Gasteiger partial charge >= 0.3 is 5.97 Å². The first-order chi connectivity index (χ1) is 9.61. The fraction of sp³-hybridized carbons (Fsp3) is 0.462. The van der Waals surface area contributed by atoms with E-state index in [1.807, 2.05) is 0 Å². The number of hydrogen-bond acceptors (Lipinski definition) is 5. The molecule has 0 heterocycles. The van der Waals surface area contributed by atoms with Crippen molar-refractivity contribution in [1.29, 1.82) is 0 Å². The third kappa shape index (κ3) is 3.96. The van der Waals surface area contributed by atoms with Crippen LogP contribution in [0.5, 0.6) is 0 Å². The molecule has 1 rings (SSSR count). The molecule has 0 aliphatic heterocycles. The molecule has 118 valence electrons. The number of ether oxygens (including phenoxy) is 1. The van der Waals surface area contributed by atoms with Crippen molar-refractivity contribution < 1.29 is 17.9 Å². The van der Waals surface area contributed by atoms with Gasteiger partial charge in [-0.05, 0) is 40.5 Å². The van der Waals surface area contributed by atoms with Gasteiger partial charge in [0.15, 0.2) is 0 Å². The van der Waals surface area contributed by atoms with Gasteiger partial charge in [-0.1, -0.05) is 6.92 Å². The highest BCUT2D eigenvalue weighted by Crippen LogP contribution is 2.28. The van der Waals surface area contributed by atoms with E-state index >= 15 is 0 Å². The second-order valence-electron chi connectivity index (χ2n) is 4.85. The summed E-state index contributed by atoms with van der Waals surface area (Å²) >= 11 is 3.26. The summed E-state index contributed by atoms with van der Waals surface area (Å²) in [7, 11) is -1.03. The molecular formula is C13H19BrN2O4S. The molecule has 1 unspecified atom stereocenters.